The van der Waals surface area contributed by atoms with Crippen molar-refractivity contribution in [3.8, 4) is 0 Å². The predicted octanol–water partition coefficient (Wildman–Crippen LogP) is -3.99. The second-order valence-corrected chi connectivity index (χ2v) is 1.41. The van der Waals surface area contributed by atoms with E-state index in [9.17, 15) is 0 Å². The molecule has 0 radical (unpaired) electrons. The molecule has 0 aliphatic heterocycles. The van der Waals surface area contributed by atoms with Crippen molar-refractivity contribution < 1.29 is 75.7 Å². The van der Waals surface area contributed by atoms with Gasteiger partial charge in [0.1, 0.15) is 0 Å². The molecular weight excluding hydrogens is 316 g/mol. The Kier molecular flexibility index (Phi) is 21.9. The Bertz CT molecular complexity index is 78.9. The molecule has 0 atom stereocenters. The second kappa shape index (κ2) is 10.7. The van der Waals surface area contributed by atoms with E-state index >= 15 is 0 Å². The van der Waals surface area contributed by atoms with Crippen LogP contribution in [0.25, 0.3) is 0 Å². The number of nitrogens with zero attached hydrogens (tertiary/aromatic N) is 1. The molecule has 0 fully saturated rings. The molecule has 0 spiro atoms. The van der Waals surface area contributed by atoms with Crippen LogP contribution in [0.5, 0.6) is 0 Å². The van der Waals surface area contributed by atoms with Crippen LogP contribution in [0.2, 0.25) is 0 Å². The minimum atomic E-state index is -4.69. The van der Waals surface area contributed by atoms with Gasteiger partial charge >= 0.3 is 0 Å². The molecule has 0 rings (SSSR count). The van der Waals surface area contributed by atoms with Crippen LogP contribution in [-0.4, -0.2) is 9.75 Å². The van der Waals surface area contributed by atoms with Crippen molar-refractivity contribution in [3.63, 3.8) is 0 Å². The van der Waals surface area contributed by atoms with Crippen LogP contribution in [0.1, 0.15) is 0 Å². The fourth-order valence-corrected chi connectivity index (χ4v) is 0. The molecule has 68 valence electrons. The zero-order valence-electron chi connectivity index (χ0n) is 5.22. The SMILES string of the molecule is O=[N+]([O-])[O-].[Ce].[NH4+].[O-][Cl+3]([O-])([O-])O. The van der Waals surface area contributed by atoms with Crippen molar-refractivity contribution in [1.29, 1.82) is 0 Å². The molecular formula is H5CeClN2O7. The maximum atomic E-state index is 8.60. The Morgan fingerprint density at radius 3 is 1.18 bits per heavy atom. The zero-order chi connectivity index (χ0) is 8.08. The van der Waals surface area contributed by atoms with Crippen LogP contribution in [0.3, 0.4) is 0 Å². The molecule has 0 amide bonds. The average molecular weight is 321 g/mol. The van der Waals surface area contributed by atoms with Gasteiger partial charge in [-0.25, -0.2) is 0 Å². The largest absolute Gasteiger partial charge is 0.369 e. The van der Waals surface area contributed by atoms with Gasteiger partial charge in [0, 0.05) is 41.7 Å². The fourth-order valence-electron chi connectivity index (χ4n) is 0. The van der Waals surface area contributed by atoms with Gasteiger partial charge in [-0.15, -0.1) is 0 Å². The minimum Gasteiger partial charge on any atom is -0.369 e. The van der Waals surface area contributed by atoms with Gasteiger partial charge in [-0.05, 0) is 0 Å². The first-order valence-corrected chi connectivity index (χ1v) is 2.44. The third kappa shape index (κ3) is 1800. The predicted molar refractivity (Wildman–Crippen MR) is 18.6 cm³/mol. The summed E-state index contributed by atoms with van der Waals surface area (Å²) < 4.78 is 32.7. The van der Waals surface area contributed by atoms with Gasteiger partial charge in [-0.1, -0.05) is 0 Å². The van der Waals surface area contributed by atoms with Gasteiger partial charge in [-0.2, -0.15) is 14.0 Å². The first-order valence-electron chi connectivity index (χ1n) is 1.18. The van der Waals surface area contributed by atoms with E-state index in [0.717, 1.165) is 0 Å². The second-order valence-electron chi connectivity index (χ2n) is 0.620. The van der Waals surface area contributed by atoms with Crippen LogP contribution in [0, 0.1) is 67.3 Å². The van der Waals surface area contributed by atoms with Gasteiger partial charge < -0.3 is 21.5 Å². The zero-order valence-corrected chi connectivity index (χ0v) is 9.12. The standard InChI is InChI=1S/Ce.ClHO4.NO3.H3N/c;2-1(3,4)5;2-1(3)4;/h;(H,2,3,4,5);;1H3/q;;-1;/p+1. The van der Waals surface area contributed by atoms with Gasteiger partial charge in [0.05, 0.1) is 20.0 Å². The average Bonchev–Trinajstić information content (AvgIpc) is 1.19. The molecule has 0 aliphatic rings. The van der Waals surface area contributed by atoms with Gasteiger partial charge in [-0.3, -0.25) is 0 Å². The van der Waals surface area contributed by atoms with Crippen LogP contribution >= 0.6 is 0 Å². The Morgan fingerprint density at radius 2 is 1.18 bits per heavy atom. The monoisotopic (exact) mass is 320 g/mol. The number of hydrogen-bond donors (Lipinski definition) is 2. The molecule has 0 saturated heterocycles. The van der Waals surface area contributed by atoms with E-state index in [4.69, 9.17) is 34.0 Å². The van der Waals surface area contributed by atoms with E-state index in [2.05, 4.69) is 0 Å². The van der Waals surface area contributed by atoms with Crippen LogP contribution in [0.15, 0.2) is 0 Å². The van der Waals surface area contributed by atoms with Crippen molar-refractivity contribution in [2.45, 2.75) is 0 Å². The summed E-state index contributed by atoms with van der Waals surface area (Å²) in [5.41, 5.74) is 0. The summed E-state index contributed by atoms with van der Waals surface area (Å²) in [6.45, 7) is 0. The Labute approximate surface area is 96.4 Å². The molecule has 0 unspecified atom stereocenters. The number of hydrogen-bond acceptors (Lipinski definition) is 7. The first kappa shape index (κ1) is 22.6. The topological polar surface area (TPSA) is 192 Å². The summed E-state index contributed by atoms with van der Waals surface area (Å²) in [5, 5.41) is 14.8. The van der Waals surface area contributed by atoms with E-state index in [-0.39, 0.29) is 47.9 Å². The van der Waals surface area contributed by atoms with Gasteiger partial charge in [0.15, 0.2) is 0 Å². The van der Waals surface area contributed by atoms with Crippen LogP contribution < -0.4 is 20.1 Å². The molecule has 11 heteroatoms. The quantitative estimate of drug-likeness (QED) is 0.335. The van der Waals surface area contributed by atoms with Gasteiger partial charge in [0.25, 0.3) is 0 Å². The summed E-state index contributed by atoms with van der Waals surface area (Å²) in [5.74, 6) is 0. The van der Waals surface area contributed by atoms with E-state index < -0.39 is 15.3 Å². The van der Waals surface area contributed by atoms with E-state index in [1.54, 1.807) is 0 Å². The van der Waals surface area contributed by atoms with Crippen molar-refractivity contribution >= 4 is 0 Å². The molecule has 0 bridgehead atoms. The van der Waals surface area contributed by atoms with Crippen LogP contribution in [-0.2, 0) is 0 Å². The third-order valence-electron chi connectivity index (χ3n) is 0. The van der Waals surface area contributed by atoms with Crippen LogP contribution in [0.4, 0.5) is 0 Å². The first-order chi connectivity index (χ1) is 3.73. The molecule has 5 N–H and O–H groups in total. The van der Waals surface area contributed by atoms with E-state index in [1.807, 2.05) is 0 Å². The van der Waals surface area contributed by atoms with E-state index in [1.165, 1.54) is 0 Å². The maximum Gasteiger partial charge on any atom is 0.0777 e. The molecule has 0 aliphatic carbocycles. The maximum absolute atomic E-state index is 8.60. The summed E-state index contributed by atoms with van der Waals surface area (Å²) in [7, 11) is -4.69. The van der Waals surface area contributed by atoms with Gasteiger partial charge in [0.2, 0.25) is 0 Å². The molecule has 0 aromatic carbocycles. The Morgan fingerprint density at radius 1 is 1.18 bits per heavy atom. The molecule has 0 aromatic rings. The number of quaternary nitrogens is 1. The molecule has 11 heavy (non-hydrogen) atoms. The normalized spacial score (nSPS) is 7.64. The van der Waals surface area contributed by atoms with E-state index in [0.29, 0.717) is 0 Å². The minimum absolute atomic E-state index is 0. The summed E-state index contributed by atoms with van der Waals surface area (Å²) >= 11 is 0. The molecule has 0 aromatic heterocycles. The molecule has 0 heterocycles. The molecule has 0 saturated carbocycles. The Hall–Kier alpha value is 0.667. The summed E-state index contributed by atoms with van der Waals surface area (Å²) in [6.07, 6.45) is 0. The van der Waals surface area contributed by atoms with Crippen molar-refractivity contribution in [3.05, 3.63) is 15.3 Å². The summed E-state index contributed by atoms with van der Waals surface area (Å²) in [6, 6.07) is 0. The molecule has 9 nitrogen and oxygen atoms in total. The summed E-state index contributed by atoms with van der Waals surface area (Å²) in [4.78, 5) is 8.25. The van der Waals surface area contributed by atoms with Crippen molar-refractivity contribution in [1.82, 2.24) is 6.15 Å². The number of halogens is 1. The fraction of sp³-hybridized carbons (Fsp3) is 0. The number of rotatable bonds is 0. The van der Waals surface area contributed by atoms with Crippen molar-refractivity contribution in [2.24, 2.45) is 0 Å². The van der Waals surface area contributed by atoms with Crippen molar-refractivity contribution in [2.75, 3.05) is 0 Å². The third-order valence-corrected chi connectivity index (χ3v) is 0. The Balaban J connectivity index is -0.0000000383. The smallest absolute Gasteiger partial charge is 0.0777 e.